The summed E-state index contributed by atoms with van der Waals surface area (Å²) in [5, 5.41) is 2.53. The van der Waals surface area contributed by atoms with Crippen molar-refractivity contribution in [3.05, 3.63) is 23.8 Å². The fraction of sp³-hybridized carbons (Fsp3) is 0.533. The first-order valence-corrected chi connectivity index (χ1v) is 9.24. The normalized spacial score (nSPS) is 12.0. The Morgan fingerprint density at radius 1 is 1.24 bits per heavy atom. The highest BCUT2D eigenvalue weighted by Crippen LogP contribution is 2.24. The average Bonchev–Trinajstić information content (AvgIpc) is 2.46. The smallest absolute Gasteiger partial charge is 0.372 e. The molecule has 10 heteroatoms. The molecule has 0 atom stereocenters. The maximum atomic E-state index is 11.9. The average molecular weight is 382 g/mol. The number of sulfonamides is 1. The van der Waals surface area contributed by atoms with E-state index in [0.717, 1.165) is 0 Å². The number of amides is 1. The van der Waals surface area contributed by atoms with Gasteiger partial charge in [-0.1, -0.05) is 13.0 Å². The molecule has 0 aliphatic heterocycles. The third-order valence-electron chi connectivity index (χ3n) is 3.09. The lowest BCUT2D eigenvalue weighted by Crippen LogP contribution is -2.21. The number of hydrogen-bond acceptors (Lipinski definition) is 4. The Labute approximate surface area is 144 Å². The molecular formula is C15H21F3N2O4S. The third kappa shape index (κ3) is 8.21. The van der Waals surface area contributed by atoms with E-state index in [2.05, 4.69) is 14.8 Å². The van der Waals surface area contributed by atoms with Gasteiger partial charge in [0, 0.05) is 5.69 Å². The Morgan fingerprint density at radius 3 is 2.48 bits per heavy atom. The molecule has 0 radical (unpaired) electrons. The van der Waals surface area contributed by atoms with E-state index in [0.29, 0.717) is 23.4 Å². The second kappa shape index (κ2) is 9.04. The van der Waals surface area contributed by atoms with E-state index in [1.165, 1.54) is 0 Å². The molecule has 0 aliphatic carbocycles. The lowest BCUT2D eigenvalue weighted by Gasteiger charge is -2.14. The second-order valence-electron chi connectivity index (χ2n) is 5.37. The zero-order valence-corrected chi connectivity index (χ0v) is 14.8. The van der Waals surface area contributed by atoms with E-state index in [9.17, 15) is 26.4 Å². The predicted octanol–water partition coefficient (Wildman–Crippen LogP) is 3.05. The molecule has 1 aromatic rings. The van der Waals surface area contributed by atoms with Crippen LogP contribution in [0.15, 0.2) is 18.2 Å². The monoisotopic (exact) mass is 382 g/mol. The van der Waals surface area contributed by atoms with Crippen molar-refractivity contribution in [3.63, 3.8) is 0 Å². The molecule has 6 nitrogen and oxygen atoms in total. The Morgan fingerprint density at radius 2 is 1.88 bits per heavy atom. The van der Waals surface area contributed by atoms with Gasteiger partial charge in [-0.3, -0.25) is 9.52 Å². The van der Waals surface area contributed by atoms with Crippen LogP contribution in [0.3, 0.4) is 0 Å². The number of ether oxygens (including phenoxy) is 1. The lowest BCUT2D eigenvalue weighted by atomic mass is 10.1. The molecule has 25 heavy (non-hydrogen) atoms. The number of benzene rings is 1. The van der Waals surface area contributed by atoms with Gasteiger partial charge in [0.05, 0.1) is 24.5 Å². The summed E-state index contributed by atoms with van der Waals surface area (Å²) < 4.78 is 66.3. The van der Waals surface area contributed by atoms with Crippen molar-refractivity contribution in [1.82, 2.24) is 0 Å². The summed E-state index contributed by atoms with van der Waals surface area (Å²) in [6.07, 6.45) is -4.22. The number of carbonyl (C=O) groups is 1. The molecule has 0 spiro atoms. The van der Waals surface area contributed by atoms with Gasteiger partial charge in [-0.05, 0) is 31.0 Å². The second-order valence-corrected chi connectivity index (χ2v) is 7.21. The number of nitrogens with one attached hydrogen (secondary N) is 2. The molecule has 1 rings (SSSR count). The molecule has 2 N–H and O–H groups in total. The third-order valence-corrected chi connectivity index (χ3v) is 4.56. The van der Waals surface area contributed by atoms with Gasteiger partial charge in [-0.25, -0.2) is 8.42 Å². The van der Waals surface area contributed by atoms with Crippen LogP contribution in [0, 0.1) is 6.92 Å². The minimum absolute atomic E-state index is 0.0282. The summed E-state index contributed by atoms with van der Waals surface area (Å²) in [5.74, 6) is -0.557. The molecule has 0 saturated heterocycles. The topological polar surface area (TPSA) is 84.5 Å². The number of halogens is 3. The van der Waals surface area contributed by atoms with Crippen LogP contribution in [-0.4, -0.2) is 39.5 Å². The van der Waals surface area contributed by atoms with Crippen LogP contribution in [0.2, 0.25) is 0 Å². The molecular weight excluding hydrogens is 361 g/mol. The molecule has 1 aromatic carbocycles. The molecule has 142 valence electrons. The summed E-state index contributed by atoms with van der Waals surface area (Å²) >= 11 is 0. The van der Waals surface area contributed by atoms with Crippen molar-refractivity contribution in [1.29, 1.82) is 0 Å². The minimum atomic E-state index is -4.43. The number of rotatable bonds is 9. The molecule has 0 saturated carbocycles. The molecule has 0 fully saturated rings. The van der Waals surface area contributed by atoms with Crippen molar-refractivity contribution >= 4 is 27.3 Å². The summed E-state index contributed by atoms with van der Waals surface area (Å²) in [6.45, 7) is 1.59. The fourth-order valence-corrected chi connectivity index (χ4v) is 3.13. The van der Waals surface area contributed by atoms with Crippen LogP contribution >= 0.6 is 0 Å². The van der Waals surface area contributed by atoms with Crippen molar-refractivity contribution in [2.45, 2.75) is 32.9 Å². The van der Waals surface area contributed by atoms with Gasteiger partial charge in [-0.15, -0.1) is 0 Å². The van der Waals surface area contributed by atoms with E-state index in [-0.39, 0.29) is 18.8 Å². The Kier molecular flexibility index (Phi) is 7.68. The van der Waals surface area contributed by atoms with Crippen LogP contribution in [0.4, 0.5) is 24.5 Å². The molecule has 0 heterocycles. The molecule has 1 amide bonds. The van der Waals surface area contributed by atoms with Crippen LogP contribution in [0.25, 0.3) is 0 Å². The zero-order valence-electron chi connectivity index (χ0n) is 13.9. The predicted molar refractivity (Wildman–Crippen MR) is 89.0 cm³/mol. The first-order chi connectivity index (χ1) is 11.5. The number of carbonyl (C=O) groups excluding carboxylic acids is 1. The summed E-state index contributed by atoms with van der Waals surface area (Å²) in [6, 6.07) is 4.69. The van der Waals surface area contributed by atoms with Gasteiger partial charge in [0.2, 0.25) is 15.9 Å². The highest BCUT2D eigenvalue weighted by Gasteiger charge is 2.27. The Hall–Kier alpha value is -1.81. The van der Waals surface area contributed by atoms with Gasteiger partial charge >= 0.3 is 6.18 Å². The molecule has 0 bridgehead atoms. The Balaban J connectivity index is 2.65. The van der Waals surface area contributed by atoms with Crippen molar-refractivity contribution in [3.8, 4) is 0 Å². The highest BCUT2D eigenvalue weighted by molar-refractivity contribution is 7.92. The maximum Gasteiger partial charge on any atom is 0.411 e. The number of hydrogen-bond donors (Lipinski definition) is 2. The zero-order chi connectivity index (χ0) is 19.1. The van der Waals surface area contributed by atoms with Gasteiger partial charge in [0.1, 0.15) is 6.61 Å². The summed E-state index contributed by atoms with van der Waals surface area (Å²) in [7, 11) is -3.47. The van der Waals surface area contributed by atoms with Crippen molar-refractivity contribution in [2.75, 3.05) is 29.0 Å². The Bertz CT molecular complexity index is 691. The summed E-state index contributed by atoms with van der Waals surface area (Å²) in [4.78, 5) is 11.8. The van der Waals surface area contributed by atoms with Gasteiger partial charge in [0.15, 0.2) is 0 Å². The first-order valence-electron chi connectivity index (χ1n) is 7.58. The van der Waals surface area contributed by atoms with Crippen LogP contribution in [-0.2, 0) is 19.6 Å². The quantitative estimate of drug-likeness (QED) is 0.643. The van der Waals surface area contributed by atoms with E-state index in [1.54, 1.807) is 32.0 Å². The standard InChI is InChI=1S/C15H21F3N2O4S/c1-3-9-25(22,23)20-13-6-4-5-12(11(13)2)19-14(21)7-8-24-10-15(16,17)18/h4-6,20H,3,7-10H2,1-2H3,(H,19,21). The van der Waals surface area contributed by atoms with E-state index in [4.69, 9.17) is 0 Å². The SMILES string of the molecule is CCCS(=O)(=O)Nc1cccc(NC(=O)CCOCC(F)(F)F)c1C. The van der Waals surface area contributed by atoms with Crippen LogP contribution in [0.5, 0.6) is 0 Å². The largest absolute Gasteiger partial charge is 0.411 e. The van der Waals surface area contributed by atoms with Gasteiger partial charge in [-0.2, -0.15) is 13.2 Å². The van der Waals surface area contributed by atoms with Crippen LogP contribution < -0.4 is 10.0 Å². The van der Waals surface area contributed by atoms with Crippen molar-refractivity contribution < 1.29 is 31.1 Å². The first kappa shape index (κ1) is 21.2. The maximum absolute atomic E-state index is 11.9. The van der Waals surface area contributed by atoms with Gasteiger partial charge in [0.25, 0.3) is 0 Å². The van der Waals surface area contributed by atoms with E-state index < -0.39 is 28.7 Å². The fourth-order valence-electron chi connectivity index (χ4n) is 1.93. The molecule has 0 aliphatic rings. The van der Waals surface area contributed by atoms with Crippen LogP contribution in [0.1, 0.15) is 25.3 Å². The molecule has 0 aromatic heterocycles. The minimum Gasteiger partial charge on any atom is -0.372 e. The number of alkyl halides is 3. The summed E-state index contributed by atoms with van der Waals surface area (Å²) in [5.41, 5.74) is 1.21. The van der Waals surface area contributed by atoms with Gasteiger partial charge < -0.3 is 10.1 Å². The molecule has 0 unspecified atom stereocenters. The highest BCUT2D eigenvalue weighted by atomic mass is 32.2. The number of anilines is 2. The van der Waals surface area contributed by atoms with E-state index in [1.807, 2.05) is 0 Å². The van der Waals surface area contributed by atoms with E-state index >= 15 is 0 Å². The van der Waals surface area contributed by atoms with Crippen molar-refractivity contribution in [2.24, 2.45) is 0 Å². The lowest BCUT2D eigenvalue weighted by molar-refractivity contribution is -0.174.